The van der Waals surface area contributed by atoms with Crippen molar-refractivity contribution in [1.29, 1.82) is 0 Å². The Morgan fingerprint density at radius 2 is 1.68 bits per heavy atom. The van der Waals surface area contributed by atoms with Gasteiger partial charge in [0.1, 0.15) is 0 Å². The summed E-state index contributed by atoms with van der Waals surface area (Å²) >= 11 is 1.53. The number of alkyl halides is 3. The topological polar surface area (TPSA) is 22.0 Å². The molecule has 0 fully saturated rings. The molecule has 0 bridgehead atoms. The molecule has 5 rings (SSSR count). The molecule has 0 aliphatic carbocycles. The summed E-state index contributed by atoms with van der Waals surface area (Å²) in [5.74, 6) is 0.735. The van der Waals surface area contributed by atoms with Gasteiger partial charge < -0.3 is 4.57 Å². The lowest BCUT2D eigenvalue weighted by Crippen LogP contribution is -2.20. The first-order chi connectivity index (χ1) is 14.9. The summed E-state index contributed by atoms with van der Waals surface area (Å²) in [5, 5.41) is 2.92. The molecule has 0 unspecified atom stereocenters. The first-order valence-corrected chi connectivity index (χ1v) is 10.9. The van der Waals surface area contributed by atoms with Crippen LogP contribution in [0.2, 0.25) is 0 Å². The predicted octanol–water partition coefficient (Wildman–Crippen LogP) is 6.38. The second-order valence-corrected chi connectivity index (χ2v) is 8.67. The molecule has 0 saturated heterocycles. The summed E-state index contributed by atoms with van der Waals surface area (Å²) in [4.78, 5) is 12.8. The normalized spacial score (nSPS) is 13.5. The summed E-state index contributed by atoms with van der Waals surface area (Å²) in [7, 11) is 0. The number of thioether (sulfide) groups is 1. The van der Waals surface area contributed by atoms with Crippen LogP contribution in [0.15, 0.2) is 82.6 Å². The van der Waals surface area contributed by atoms with Crippen molar-refractivity contribution in [3.63, 3.8) is 0 Å². The summed E-state index contributed by atoms with van der Waals surface area (Å²) in [6.07, 6.45) is -3.95. The third-order valence-electron chi connectivity index (χ3n) is 5.64. The highest BCUT2D eigenvalue weighted by molar-refractivity contribution is 7.99. The molecule has 1 aliphatic rings. The minimum atomic E-state index is -4.42. The van der Waals surface area contributed by atoms with Crippen LogP contribution in [0.3, 0.4) is 0 Å². The van der Waals surface area contributed by atoms with Crippen LogP contribution in [0.4, 0.5) is 13.2 Å². The van der Waals surface area contributed by atoms with E-state index in [9.17, 15) is 18.0 Å². The molecule has 0 atom stereocenters. The van der Waals surface area contributed by atoms with Crippen molar-refractivity contribution < 1.29 is 13.2 Å². The van der Waals surface area contributed by atoms with Crippen molar-refractivity contribution in [2.45, 2.75) is 24.2 Å². The molecule has 6 heteroatoms. The van der Waals surface area contributed by atoms with Crippen LogP contribution < -0.4 is 5.56 Å². The van der Waals surface area contributed by atoms with Crippen LogP contribution in [0.1, 0.15) is 16.7 Å². The average Bonchev–Trinajstić information content (AvgIpc) is 3.24. The molecule has 0 radical (unpaired) electrons. The standard InChI is InChI=1S/C25H18F3NOS/c26-25(27,28)20-9-4-8-18(14-20)23-19(15-22(30)29-11-12-31-24(23)29)13-17-7-3-6-16-5-1-2-10-21(16)17/h1-10,14-15H,11-13H2. The molecular weight excluding hydrogens is 419 g/mol. The molecule has 31 heavy (non-hydrogen) atoms. The Balaban J connectivity index is 1.72. The average molecular weight is 437 g/mol. The Labute approximate surface area is 181 Å². The third kappa shape index (κ3) is 3.65. The van der Waals surface area contributed by atoms with E-state index in [1.165, 1.54) is 23.9 Å². The van der Waals surface area contributed by atoms with Gasteiger partial charge in [-0.3, -0.25) is 4.79 Å². The monoisotopic (exact) mass is 437 g/mol. The first kappa shape index (κ1) is 19.9. The SMILES string of the molecule is O=c1cc(Cc2cccc3ccccc23)c(-c2cccc(C(F)(F)F)c2)c2n1CCS2. The molecule has 2 nitrogen and oxygen atoms in total. The predicted molar refractivity (Wildman–Crippen MR) is 119 cm³/mol. The van der Waals surface area contributed by atoms with Crippen LogP contribution in [-0.4, -0.2) is 10.3 Å². The molecule has 3 aromatic carbocycles. The summed E-state index contributed by atoms with van der Waals surface area (Å²) < 4.78 is 41.8. The van der Waals surface area contributed by atoms with Gasteiger partial charge in [-0.1, -0.05) is 54.6 Å². The van der Waals surface area contributed by atoms with E-state index in [2.05, 4.69) is 0 Å². The molecule has 0 saturated carbocycles. The van der Waals surface area contributed by atoms with Crippen molar-refractivity contribution in [3.05, 3.63) is 99.8 Å². The van der Waals surface area contributed by atoms with Crippen molar-refractivity contribution in [1.82, 2.24) is 4.57 Å². The van der Waals surface area contributed by atoms with Gasteiger partial charge in [0.15, 0.2) is 0 Å². The molecule has 1 aromatic heterocycles. The van der Waals surface area contributed by atoms with Crippen LogP contribution in [-0.2, 0) is 19.1 Å². The quantitative estimate of drug-likeness (QED) is 0.371. The Kier molecular flexibility index (Phi) is 4.89. The van der Waals surface area contributed by atoms with Crippen LogP contribution in [0.25, 0.3) is 21.9 Å². The molecule has 0 spiro atoms. The fraction of sp³-hybridized carbons (Fsp3) is 0.160. The first-order valence-electron chi connectivity index (χ1n) is 9.95. The number of halogens is 3. The number of benzene rings is 3. The van der Waals surface area contributed by atoms with Crippen molar-refractivity contribution in [2.24, 2.45) is 0 Å². The van der Waals surface area contributed by atoms with Gasteiger partial charge >= 0.3 is 6.18 Å². The van der Waals surface area contributed by atoms with E-state index in [0.717, 1.165) is 44.3 Å². The fourth-order valence-electron chi connectivity index (χ4n) is 4.22. The second kappa shape index (κ2) is 7.61. The number of nitrogens with zero attached hydrogens (tertiary/aromatic N) is 1. The number of fused-ring (bicyclic) bond motifs is 2. The maximum absolute atomic E-state index is 13.4. The largest absolute Gasteiger partial charge is 0.416 e. The molecule has 1 aliphatic heterocycles. The van der Waals surface area contributed by atoms with Gasteiger partial charge in [-0.15, -0.1) is 11.8 Å². The molecule has 2 heterocycles. The number of hydrogen-bond acceptors (Lipinski definition) is 2. The zero-order chi connectivity index (χ0) is 21.6. The van der Waals surface area contributed by atoms with Gasteiger partial charge in [0.05, 0.1) is 10.6 Å². The highest BCUT2D eigenvalue weighted by Crippen LogP contribution is 2.40. The van der Waals surface area contributed by atoms with Gasteiger partial charge in [-0.25, -0.2) is 0 Å². The minimum absolute atomic E-state index is 0.106. The smallest absolute Gasteiger partial charge is 0.302 e. The number of aromatic nitrogens is 1. The molecule has 4 aromatic rings. The maximum Gasteiger partial charge on any atom is 0.416 e. The summed E-state index contributed by atoms with van der Waals surface area (Å²) in [5.41, 5.74) is 2.21. The van der Waals surface area contributed by atoms with E-state index < -0.39 is 11.7 Å². The third-order valence-corrected chi connectivity index (χ3v) is 6.72. The number of hydrogen-bond donors (Lipinski definition) is 0. The minimum Gasteiger partial charge on any atom is -0.302 e. The molecule has 156 valence electrons. The van der Waals surface area contributed by atoms with Crippen LogP contribution in [0.5, 0.6) is 0 Å². The van der Waals surface area contributed by atoms with Gasteiger partial charge in [0.2, 0.25) is 0 Å². The fourth-order valence-corrected chi connectivity index (χ4v) is 5.42. The van der Waals surface area contributed by atoms with E-state index in [1.807, 2.05) is 42.5 Å². The van der Waals surface area contributed by atoms with Gasteiger partial charge in [-0.05, 0) is 46.0 Å². The highest BCUT2D eigenvalue weighted by atomic mass is 32.2. The number of pyridine rings is 1. The van der Waals surface area contributed by atoms with E-state index in [4.69, 9.17) is 0 Å². The highest BCUT2D eigenvalue weighted by Gasteiger charge is 2.31. The Bertz CT molecular complexity index is 1350. The van der Waals surface area contributed by atoms with Crippen molar-refractivity contribution in [3.8, 4) is 11.1 Å². The lowest BCUT2D eigenvalue weighted by atomic mass is 9.93. The summed E-state index contributed by atoms with van der Waals surface area (Å²) in [6, 6.07) is 21.0. The van der Waals surface area contributed by atoms with Gasteiger partial charge in [0, 0.05) is 23.9 Å². The van der Waals surface area contributed by atoms with Crippen molar-refractivity contribution >= 4 is 22.5 Å². The van der Waals surface area contributed by atoms with Gasteiger partial charge in [0.25, 0.3) is 5.56 Å². The Morgan fingerprint density at radius 1 is 0.903 bits per heavy atom. The van der Waals surface area contributed by atoms with E-state index >= 15 is 0 Å². The van der Waals surface area contributed by atoms with E-state index in [-0.39, 0.29) is 5.56 Å². The van der Waals surface area contributed by atoms with Gasteiger partial charge in [-0.2, -0.15) is 13.2 Å². The molecule has 0 N–H and O–H groups in total. The lowest BCUT2D eigenvalue weighted by Gasteiger charge is -2.17. The molecule has 0 amide bonds. The van der Waals surface area contributed by atoms with Crippen molar-refractivity contribution in [2.75, 3.05) is 5.75 Å². The van der Waals surface area contributed by atoms with Crippen LogP contribution >= 0.6 is 11.8 Å². The maximum atomic E-state index is 13.4. The zero-order valence-corrected chi connectivity index (χ0v) is 17.3. The number of rotatable bonds is 3. The summed E-state index contributed by atoms with van der Waals surface area (Å²) in [6.45, 7) is 0.569. The van der Waals surface area contributed by atoms with E-state index in [0.29, 0.717) is 18.5 Å². The van der Waals surface area contributed by atoms with E-state index in [1.54, 1.807) is 16.7 Å². The lowest BCUT2D eigenvalue weighted by molar-refractivity contribution is -0.137. The second-order valence-electron chi connectivity index (χ2n) is 7.58. The Hall–Kier alpha value is -2.99. The Morgan fingerprint density at radius 3 is 2.52 bits per heavy atom. The zero-order valence-electron chi connectivity index (χ0n) is 16.4. The van der Waals surface area contributed by atoms with Crippen LogP contribution in [0, 0.1) is 0 Å². The molecular formula is C25H18F3NOS.